The van der Waals surface area contributed by atoms with Crippen LogP contribution < -0.4 is 0 Å². The minimum atomic E-state index is -0.597. The fourth-order valence-corrected chi connectivity index (χ4v) is 1.57. The molecule has 0 aliphatic heterocycles. The van der Waals surface area contributed by atoms with Crippen LogP contribution in [0.3, 0.4) is 0 Å². The van der Waals surface area contributed by atoms with E-state index in [1.54, 1.807) is 0 Å². The van der Waals surface area contributed by atoms with E-state index in [2.05, 4.69) is 5.92 Å². The van der Waals surface area contributed by atoms with Gasteiger partial charge in [0, 0.05) is 0 Å². The van der Waals surface area contributed by atoms with Crippen LogP contribution in [0.15, 0.2) is 0 Å². The van der Waals surface area contributed by atoms with Gasteiger partial charge in [-0.25, -0.2) is 0 Å². The van der Waals surface area contributed by atoms with Crippen LogP contribution in [0, 0.1) is 18.3 Å². The molecule has 1 radical (unpaired) electrons. The summed E-state index contributed by atoms with van der Waals surface area (Å²) in [5, 5.41) is 9.18. The van der Waals surface area contributed by atoms with E-state index in [4.69, 9.17) is 6.42 Å². The van der Waals surface area contributed by atoms with Crippen LogP contribution in [-0.2, 0) is 0 Å². The summed E-state index contributed by atoms with van der Waals surface area (Å²) in [4.78, 5) is 0. The zero-order valence-electron chi connectivity index (χ0n) is 6.14. The lowest BCUT2D eigenvalue weighted by atomic mass is 9.86. The molecule has 0 amide bonds. The molecule has 1 fully saturated rings. The van der Waals surface area contributed by atoms with Crippen molar-refractivity contribution in [2.24, 2.45) is 5.92 Å². The summed E-state index contributed by atoms with van der Waals surface area (Å²) in [6.07, 6.45) is 12.0. The first-order valence-electron chi connectivity index (χ1n) is 3.95. The second-order valence-electron chi connectivity index (χ2n) is 2.99. The molecule has 1 saturated carbocycles. The Morgan fingerprint density at radius 2 is 1.90 bits per heavy atom. The first-order chi connectivity index (χ1) is 4.84. The molecule has 1 atom stereocenters. The van der Waals surface area contributed by atoms with E-state index in [0.29, 0.717) is 5.92 Å². The average Bonchev–Trinajstić information content (AvgIpc) is 2.05. The maximum absolute atomic E-state index is 9.18. The van der Waals surface area contributed by atoms with Crippen molar-refractivity contribution in [3.05, 3.63) is 6.42 Å². The maximum atomic E-state index is 9.18. The molecule has 0 aromatic carbocycles. The molecule has 0 bridgehead atoms. The summed E-state index contributed by atoms with van der Waals surface area (Å²) in [7, 11) is 0. The zero-order chi connectivity index (χ0) is 7.40. The van der Waals surface area contributed by atoms with Crippen LogP contribution in [0.25, 0.3) is 0 Å². The molecule has 1 aliphatic carbocycles. The predicted octanol–water partition coefficient (Wildman–Crippen LogP) is 1.52. The largest absolute Gasteiger partial charge is 0.380 e. The Bertz CT molecular complexity index is 128. The highest BCUT2D eigenvalue weighted by molar-refractivity contribution is 4.92. The number of hydrogen-bond donors (Lipinski definition) is 1. The molecule has 0 spiro atoms. The van der Waals surface area contributed by atoms with Crippen molar-refractivity contribution in [2.75, 3.05) is 0 Å². The van der Waals surface area contributed by atoms with Gasteiger partial charge in [-0.1, -0.05) is 25.2 Å². The number of aliphatic hydroxyl groups is 1. The van der Waals surface area contributed by atoms with Gasteiger partial charge in [0.25, 0.3) is 0 Å². The van der Waals surface area contributed by atoms with Gasteiger partial charge in [0.2, 0.25) is 0 Å². The van der Waals surface area contributed by atoms with E-state index in [1.165, 1.54) is 19.3 Å². The molecular weight excluding hydrogens is 124 g/mol. The molecule has 10 heavy (non-hydrogen) atoms. The van der Waals surface area contributed by atoms with Crippen LogP contribution >= 0.6 is 0 Å². The van der Waals surface area contributed by atoms with Crippen molar-refractivity contribution in [3.63, 3.8) is 0 Å². The molecule has 1 unspecified atom stereocenters. The molecule has 0 aromatic rings. The summed E-state index contributed by atoms with van der Waals surface area (Å²) in [5.41, 5.74) is 0. The van der Waals surface area contributed by atoms with Crippen LogP contribution in [-0.4, -0.2) is 11.2 Å². The molecule has 55 valence electrons. The fraction of sp³-hybridized carbons (Fsp3) is 0.778. The summed E-state index contributed by atoms with van der Waals surface area (Å²) < 4.78 is 0. The number of hydrogen-bond acceptors (Lipinski definition) is 1. The highest BCUT2D eigenvalue weighted by Gasteiger charge is 2.19. The molecular formula is C9H13O. The van der Waals surface area contributed by atoms with Gasteiger partial charge >= 0.3 is 0 Å². The lowest BCUT2D eigenvalue weighted by molar-refractivity contribution is 0.133. The van der Waals surface area contributed by atoms with Crippen LogP contribution in [0.4, 0.5) is 0 Å². The van der Waals surface area contributed by atoms with Crippen molar-refractivity contribution < 1.29 is 5.11 Å². The normalized spacial score (nSPS) is 23.6. The van der Waals surface area contributed by atoms with E-state index in [0.717, 1.165) is 12.8 Å². The molecule has 0 heterocycles. The molecule has 1 nitrogen and oxygen atoms in total. The number of aliphatic hydroxyl groups excluding tert-OH is 1. The average molecular weight is 137 g/mol. The van der Waals surface area contributed by atoms with Gasteiger partial charge in [0.05, 0.1) is 0 Å². The van der Waals surface area contributed by atoms with Crippen molar-refractivity contribution in [3.8, 4) is 5.92 Å². The highest BCUT2D eigenvalue weighted by Crippen LogP contribution is 2.25. The lowest BCUT2D eigenvalue weighted by Crippen LogP contribution is -2.20. The summed E-state index contributed by atoms with van der Waals surface area (Å²) in [5.74, 6) is 2.47. The molecule has 0 saturated heterocycles. The lowest BCUT2D eigenvalue weighted by Gasteiger charge is -2.22. The maximum Gasteiger partial charge on any atom is 0.118 e. The van der Waals surface area contributed by atoms with Crippen molar-refractivity contribution in [2.45, 2.75) is 38.2 Å². The molecule has 1 N–H and O–H groups in total. The fourth-order valence-electron chi connectivity index (χ4n) is 1.57. The third-order valence-electron chi connectivity index (χ3n) is 2.24. The van der Waals surface area contributed by atoms with Crippen molar-refractivity contribution in [1.29, 1.82) is 0 Å². The van der Waals surface area contributed by atoms with Crippen LogP contribution in [0.1, 0.15) is 32.1 Å². The molecule has 1 aliphatic rings. The van der Waals surface area contributed by atoms with Crippen LogP contribution in [0.5, 0.6) is 0 Å². The van der Waals surface area contributed by atoms with Gasteiger partial charge in [0.15, 0.2) is 0 Å². The Labute approximate surface area is 62.4 Å². The molecule has 1 rings (SSSR count). The van der Waals surface area contributed by atoms with Gasteiger partial charge in [0.1, 0.15) is 6.10 Å². The van der Waals surface area contributed by atoms with E-state index >= 15 is 0 Å². The minimum absolute atomic E-state index is 0.325. The summed E-state index contributed by atoms with van der Waals surface area (Å²) in [6, 6.07) is 0. The molecule has 1 heteroatoms. The predicted molar refractivity (Wildman–Crippen MR) is 39.7 cm³/mol. The third kappa shape index (κ3) is 1.75. The van der Waals surface area contributed by atoms with Gasteiger partial charge in [-0.05, 0) is 25.2 Å². The van der Waals surface area contributed by atoms with E-state index in [-0.39, 0.29) is 0 Å². The monoisotopic (exact) mass is 137 g/mol. The first-order valence-corrected chi connectivity index (χ1v) is 3.95. The van der Waals surface area contributed by atoms with Crippen LogP contribution in [0.2, 0.25) is 0 Å². The van der Waals surface area contributed by atoms with Gasteiger partial charge in [-0.15, -0.1) is 0 Å². The summed E-state index contributed by atoms with van der Waals surface area (Å²) >= 11 is 0. The van der Waals surface area contributed by atoms with Gasteiger partial charge < -0.3 is 5.11 Å². The van der Waals surface area contributed by atoms with E-state index in [1.807, 2.05) is 0 Å². The van der Waals surface area contributed by atoms with Crippen molar-refractivity contribution in [1.82, 2.24) is 0 Å². The van der Waals surface area contributed by atoms with Gasteiger partial charge in [-0.2, -0.15) is 0 Å². The Balaban J connectivity index is 2.33. The molecule has 0 aromatic heterocycles. The van der Waals surface area contributed by atoms with Crippen molar-refractivity contribution >= 4 is 0 Å². The Hall–Kier alpha value is -0.480. The van der Waals surface area contributed by atoms with E-state index < -0.39 is 6.10 Å². The second-order valence-corrected chi connectivity index (χ2v) is 2.99. The Morgan fingerprint density at radius 1 is 1.30 bits per heavy atom. The first kappa shape index (κ1) is 7.63. The minimum Gasteiger partial charge on any atom is -0.380 e. The standard InChI is InChI=1S/C9H13O/c1-2-9(10)8-6-4-3-5-7-8/h8-10H,3-7H2. The Kier molecular flexibility index (Phi) is 2.77. The third-order valence-corrected chi connectivity index (χ3v) is 2.24. The summed E-state index contributed by atoms with van der Waals surface area (Å²) in [6.45, 7) is 0. The zero-order valence-corrected chi connectivity index (χ0v) is 6.14. The smallest absolute Gasteiger partial charge is 0.118 e. The SMILES string of the molecule is [C]#CC(O)C1CCCCC1. The van der Waals surface area contributed by atoms with Gasteiger partial charge in [-0.3, -0.25) is 0 Å². The Morgan fingerprint density at radius 3 is 2.40 bits per heavy atom. The second kappa shape index (κ2) is 3.63. The van der Waals surface area contributed by atoms with E-state index in [9.17, 15) is 5.11 Å². The highest BCUT2D eigenvalue weighted by atomic mass is 16.3. The number of rotatable bonds is 1. The topological polar surface area (TPSA) is 20.2 Å². The quantitative estimate of drug-likeness (QED) is 0.543.